The van der Waals surface area contributed by atoms with E-state index in [1.54, 1.807) is 6.07 Å². The molecule has 26 heavy (non-hydrogen) atoms. The smallest absolute Gasteiger partial charge is 0.534 e. The lowest BCUT2D eigenvalue weighted by Gasteiger charge is -2.28. The minimum atomic E-state index is -1.50. The summed E-state index contributed by atoms with van der Waals surface area (Å²) in [7, 11) is -1.50. The number of anilines is 1. The van der Waals surface area contributed by atoms with Crippen molar-refractivity contribution in [3.8, 4) is 5.75 Å². The summed E-state index contributed by atoms with van der Waals surface area (Å²) >= 11 is 0.822. The zero-order valence-corrected chi connectivity index (χ0v) is 13.8. The number of amides is 1. The van der Waals surface area contributed by atoms with Crippen LogP contribution >= 0.6 is 11.5 Å². The van der Waals surface area contributed by atoms with Gasteiger partial charge in [-0.25, -0.2) is 4.79 Å². The topological polar surface area (TPSA) is 180 Å². The number of aromatic nitrogens is 2. The van der Waals surface area contributed by atoms with Gasteiger partial charge in [-0.3, -0.25) is 4.79 Å². The van der Waals surface area contributed by atoms with Crippen LogP contribution in [0.5, 0.6) is 5.75 Å². The molecule has 0 radical (unpaired) electrons. The number of hydrogen-bond acceptors (Lipinski definition) is 10. The quantitative estimate of drug-likeness (QED) is 0.196. The Morgan fingerprint density at radius 3 is 2.85 bits per heavy atom. The Labute approximate surface area is 150 Å². The number of aromatic carboxylic acids is 1. The van der Waals surface area contributed by atoms with E-state index in [1.165, 1.54) is 12.1 Å². The largest absolute Gasteiger partial charge is 0.547 e. The summed E-state index contributed by atoms with van der Waals surface area (Å²) < 4.78 is 9.05. The lowest BCUT2D eigenvalue weighted by atomic mass is 9.72. The van der Waals surface area contributed by atoms with Gasteiger partial charge in [0, 0.05) is 11.5 Å². The minimum absolute atomic E-state index is 0.0444. The summed E-state index contributed by atoms with van der Waals surface area (Å²) in [5, 5.41) is 33.8. The summed E-state index contributed by atoms with van der Waals surface area (Å²) in [6.45, 7) is 0. The standard InChI is InChI=1S/C13H12BN5O6S/c15-13-17-10(19-26-13)8(18-24)11(20)16-7-4-5-2-1-3-6(12(21)22)9(5)25-14(7)23/h1-3,7,23-24H,4H2,(H,16,20)(H,21,22)(H2,15,17,19)/b18-8+/t7-/m0/s1. The van der Waals surface area contributed by atoms with Gasteiger partial charge >= 0.3 is 13.1 Å². The SMILES string of the molecule is Nc1nc(/C(=N\O)C(=O)N[C@H]2Cc3cccc(C(=O)O)c3OB2O)ns1. The van der Waals surface area contributed by atoms with E-state index < -0.39 is 30.6 Å². The normalized spacial score (nSPS) is 16.6. The monoisotopic (exact) mass is 377 g/mol. The van der Waals surface area contributed by atoms with E-state index in [1.807, 2.05) is 0 Å². The number of benzene rings is 1. The number of carboxylic acid groups (broad SMARTS) is 1. The highest BCUT2D eigenvalue weighted by Gasteiger charge is 2.38. The maximum atomic E-state index is 12.3. The van der Waals surface area contributed by atoms with Crippen molar-refractivity contribution in [3.05, 3.63) is 35.2 Å². The molecule has 1 aliphatic rings. The third kappa shape index (κ3) is 3.29. The molecule has 134 valence electrons. The number of carboxylic acids is 1. The minimum Gasteiger partial charge on any atom is -0.534 e. The number of nitrogens with one attached hydrogen (secondary N) is 1. The zero-order chi connectivity index (χ0) is 18.8. The number of hydrogen-bond donors (Lipinski definition) is 5. The number of carbonyl (C=O) groups is 2. The average molecular weight is 377 g/mol. The van der Waals surface area contributed by atoms with Crippen molar-refractivity contribution < 1.29 is 29.6 Å². The first-order valence-electron chi connectivity index (χ1n) is 7.23. The Balaban J connectivity index is 1.80. The summed E-state index contributed by atoms with van der Waals surface area (Å²) in [6.07, 6.45) is 0.106. The Kier molecular flexibility index (Phi) is 4.73. The van der Waals surface area contributed by atoms with Crippen LogP contribution in [0.1, 0.15) is 21.7 Å². The summed E-state index contributed by atoms with van der Waals surface area (Å²) in [5.74, 6) is -3.07. The second-order valence-electron chi connectivity index (χ2n) is 5.30. The fourth-order valence-electron chi connectivity index (χ4n) is 2.48. The van der Waals surface area contributed by atoms with Crippen LogP contribution in [-0.2, 0) is 11.2 Å². The second-order valence-corrected chi connectivity index (χ2v) is 6.08. The van der Waals surface area contributed by atoms with Gasteiger partial charge in [0.05, 0.1) is 11.5 Å². The molecule has 1 aromatic carbocycles. The van der Waals surface area contributed by atoms with E-state index in [4.69, 9.17) is 15.6 Å². The highest BCUT2D eigenvalue weighted by molar-refractivity contribution is 7.09. The number of oxime groups is 1. The van der Waals surface area contributed by atoms with Crippen LogP contribution in [0.25, 0.3) is 0 Å². The number of para-hydroxylation sites is 1. The van der Waals surface area contributed by atoms with Gasteiger partial charge in [-0.05, 0) is 18.1 Å². The maximum absolute atomic E-state index is 12.3. The molecule has 0 saturated heterocycles. The number of rotatable bonds is 4. The van der Waals surface area contributed by atoms with Gasteiger partial charge in [0.15, 0.2) is 5.13 Å². The fraction of sp³-hybridized carbons (Fsp3) is 0.154. The molecule has 0 bridgehead atoms. The van der Waals surface area contributed by atoms with Crippen molar-refractivity contribution in [2.24, 2.45) is 5.16 Å². The fourth-order valence-corrected chi connectivity index (χ4v) is 2.91. The molecule has 2 aromatic rings. The first-order chi connectivity index (χ1) is 12.4. The third-order valence-electron chi connectivity index (χ3n) is 3.63. The Bertz CT molecular complexity index is 903. The zero-order valence-electron chi connectivity index (χ0n) is 13.0. The Hall–Kier alpha value is -3.19. The molecular weight excluding hydrogens is 365 g/mol. The van der Waals surface area contributed by atoms with Gasteiger partial charge in [0.25, 0.3) is 5.91 Å². The Morgan fingerprint density at radius 1 is 1.46 bits per heavy atom. The third-order valence-corrected chi connectivity index (χ3v) is 4.18. The molecule has 2 heterocycles. The molecule has 13 heteroatoms. The molecule has 1 amide bonds. The Morgan fingerprint density at radius 2 is 2.23 bits per heavy atom. The number of nitrogens with two attached hydrogens (primary N) is 1. The van der Waals surface area contributed by atoms with Gasteiger partial charge < -0.3 is 31.0 Å². The summed E-state index contributed by atoms with van der Waals surface area (Å²) in [5.41, 5.74) is 5.37. The molecule has 11 nitrogen and oxygen atoms in total. The van der Waals surface area contributed by atoms with Crippen molar-refractivity contribution >= 4 is 41.4 Å². The molecule has 0 spiro atoms. The number of fused-ring (bicyclic) bond motifs is 1. The lowest BCUT2D eigenvalue weighted by molar-refractivity contribution is -0.115. The number of nitrogen functional groups attached to an aromatic ring is 1. The molecule has 0 unspecified atom stereocenters. The first-order valence-corrected chi connectivity index (χ1v) is 8.00. The molecular formula is C13H12BN5O6S. The molecule has 0 aliphatic carbocycles. The number of carbonyl (C=O) groups excluding carboxylic acids is 1. The van der Waals surface area contributed by atoms with E-state index in [2.05, 4.69) is 19.8 Å². The molecule has 1 aliphatic heterocycles. The van der Waals surface area contributed by atoms with Crippen LogP contribution in [0.3, 0.4) is 0 Å². The summed E-state index contributed by atoms with van der Waals surface area (Å²) in [4.78, 5) is 27.3. The van der Waals surface area contributed by atoms with Crippen LogP contribution in [0.4, 0.5) is 5.13 Å². The van der Waals surface area contributed by atoms with Crippen LogP contribution in [0.15, 0.2) is 23.4 Å². The second kappa shape index (κ2) is 6.97. The van der Waals surface area contributed by atoms with Crippen molar-refractivity contribution in [2.45, 2.75) is 12.4 Å². The van der Waals surface area contributed by atoms with Crippen molar-refractivity contribution in [2.75, 3.05) is 5.73 Å². The van der Waals surface area contributed by atoms with E-state index in [9.17, 15) is 19.7 Å². The highest BCUT2D eigenvalue weighted by atomic mass is 32.1. The van der Waals surface area contributed by atoms with E-state index in [0.29, 0.717) is 5.56 Å². The van der Waals surface area contributed by atoms with Crippen molar-refractivity contribution in [1.29, 1.82) is 0 Å². The van der Waals surface area contributed by atoms with Gasteiger partial charge in [0.2, 0.25) is 11.5 Å². The van der Waals surface area contributed by atoms with Gasteiger partial charge in [-0.15, -0.1) is 0 Å². The predicted molar refractivity (Wildman–Crippen MR) is 90.3 cm³/mol. The van der Waals surface area contributed by atoms with Crippen molar-refractivity contribution in [1.82, 2.24) is 14.7 Å². The predicted octanol–water partition coefficient (Wildman–Crippen LogP) is -0.864. The van der Waals surface area contributed by atoms with Crippen LogP contribution in [0.2, 0.25) is 0 Å². The molecule has 1 aromatic heterocycles. The molecule has 0 saturated carbocycles. The number of nitrogens with zero attached hydrogens (tertiary/aromatic N) is 3. The molecule has 3 rings (SSSR count). The van der Waals surface area contributed by atoms with Crippen LogP contribution in [0, 0.1) is 0 Å². The van der Waals surface area contributed by atoms with Crippen LogP contribution < -0.4 is 15.7 Å². The van der Waals surface area contributed by atoms with Gasteiger partial charge in [0.1, 0.15) is 5.75 Å². The molecule has 6 N–H and O–H groups in total. The molecule has 0 fully saturated rings. The van der Waals surface area contributed by atoms with Crippen LogP contribution in [-0.4, -0.2) is 55.3 Å². The maximum Gasteiger partial charge on any atom is 0.547 e. The van der Waals surface area contributed by atoms with E-state index >= 15 is 0 Å². The van der Waals surface area contributed by atoms with Gasteiger partial charge in [-0.2, -0.15) is 9.36 Å². The average Bonchev–Trinajstić information content (AvgIpc) is 3.01. The first kappa shape index (κ1) is 17.6. The van der Waals surface area contributed by atoms with Crippen molar-refractivity contribution in [3.63, 3.8) is 0 Å². The summed E-state index contributed by atoms with van der Waals surface area (Å²) in [6, 6.07) is 4.50. The van der Waals surface area contributed by atoms with E-state index in [-0.39, 0.29) is 28.7 Å². The molecule has 1 atom stereocenters. The van der Waals surface area contributed by atoms with E-state index in [0.717, 1.165) is 11.5 Å². The lowest BCUT2D eigenvalue weighted by Crippen LogP contribution is -2.54. The highest BCUT2D eigenvalue weighted by Crippen LogP contribution is 2.30. The van der Waals surface area contributed by atoms with Gasteiger partial charge in [-0.1, -0.05) is 17.3 Å².